The fourth-order valence-corrected chi connectivity index (χ4v) is 4.76. The summed E-state index contributed by atoms with van der Waals surface area (Å²) in [5.74, 6) is 0.0169. The van der Waals surface area contributed by atoms with Gasteiger partial charge in [-0.2, -0.15) is 0 Å². The first-order chi connectivity index (χ1) is 15.6. The largest absolute Gasteiger partial charge is 0.379 e. The van der Waals surface area contributed by atoms with Crippen LogP contribution < -0.4 is 0 Å². The topological polar surface area (TPSA) is 36.0 Å². The number of halogens is 1. The van der Waals surface area contributed by atoms with Crippen LogP contribution in [-0.2, 0) is 4.74 Å². The summed E-state index contributed by atoms with van der Waals surface area (Å²) in [6, 6.07) is 16.8. The third-order valence-electron chi connectivity index (χ3n) is 6.68. The van der Waals surface area contributed by atoms with Crippen LogP contribution in [0.15, 0.2) is 54.6 Å². The summed E-state index contributed by atoms with van der Waals surface area (Å²) in [6.45, 7) is 11.0. The first kappa shape index (κ1) is 23.1. The number of nitrogens with zero attached hydrogens (tertiary/aromatic N) is 3. The Morgan fingerprint density at radius 2 is 1.47 bits per heavy atom. The van der Waals surface area contributed by atoms with Crippen molar-refractivity contribution in [1.29, 1.82) is 0 Å². The van der Waals surface area contributed by atoms with Gasteiger partial charge in [-0.1, -0.05) is 49.4 Å². The Balaban J connectivity index is 1.32. The monoisotopic (exact) mass is 439 g/mol. The molecule has 0 radical (unpaired) electrons. The van der Waals surface area contributed by atoms with Gasteiger partial charge in [0.1, 0.15) is 5.82 Å². The van der Waals surface area contributed by atoms with Crippen molar-refractivity contribution < 1.29 is 13.9 Å². The van der Waals surface area contributed by atoms with E-state index in [1.54, 1.807) is 12.1 Å². The number of morpholine rings is 1. The van der Waals surface area contributed by atoms with E-state index in [2.05, 4.69) is 14.7 Å². The molecule has 2 saturated heterocycles. The normalized spacial score (nSPS) is 20.7. The number of benzene rings is 2. The van der Waals surface area contributed by atoms with Crippen LogP contribution >= 0.6 is 0 Å². The molecule has 2 unspecified atom stereocenters. The third-order valence-corrected chi connectivity index (χ3v) is 6.68. The highest BCUT2D eigenvalue weighted by Crippen LogP contribution is 2.24. The number of carbonyl (C=O) groups excluding carboxylic acids is 1. The molecule has 6 heteroatoms. The molecule has 2 aromatic carbocycles. The SMILES string of the molecule is CC(CN1CCN(CC(c2ccc(F)cc2)N2CCOCC2)CC1)C(=O)c1ccccc1. The number of ketones is 1. The lowest BCUT2D eigenvalue weighted by Gasteiger charge is -2.41. The number of Topliss-reactive ketones (excluding diaryl/α,β-unsaturated/α-hetero) is 1. The lowest BCUT2D eigenvalue weighted by molar-refractivity contribution is 0.00272. The average Bonchev–Trinajstić information content (AvgIpc) is 2.85. The number of rotatable bonds is 8. The van der Waals surface area contributed by atoms with Crippen molar-refractivity contribution in [2.45, 2.75) is 13.0 Å². The van der Waals surface area contributed by atoms with E-state index in [0.717, 1.165) is 76.7 Å². The Bertz CT molecular complexity index is 847. The average molecular weight is 440 g/mol. The number of hydrogen-bond acceptors (Lipinski definition) is 5. The second-order valence-electron chi connectivity index (χ2n) is 8.95. The molecule has 0 N–H and O–H groups in total. The van der Waals surface area contributed by atoms with Crippen LogP contribution in [0.3, 0.4) is 0 Å². The molecule has 0 saturated carbocycles. The number of carbonyl (C=O) groups is 1. The van der Waals surface area contributed by atoms with Crippen molar-refractivity contribution >= 4 is 5.78 Å². The minimum atomic E-state index is -0.192. The van der Waals surface area contributed by atoms with Crippen LogP contribution in [0.5, 0.6) is 0 Å². The van der Waals surface area contributed by atoms with Crippen LogP contribution in [0.4, 0.5) is 4.39 Å². The van der Waals surface area contributed by atoms with Gasteiger partial charge in [0.25, 0.3) is 0 Å². The lowest BCUT2D eigenvalue weighted by Crippen LogP contribution is -2.51. The molecule has 32 heavy (non-hydrogen) atoms. The quantitative estimate of drug-likeness (QED) is 0.590. The summed E-state index contributed by atoms with van der Waals surface area (Å²) < 4.78 is 19.0. The summed E-state index contributed by atoms with van der Waals surface area (Å²) >= 11 is 0. The Morgan fingerprint density at radius 3 is 2.09 bits per heavy atom. The van der Waals surface area contributed by atoms with E-state index in [-0.39, 0.29) is 23.6 Å². The second-order valence-corrected chi connectivity index (χ2v) is 8.95. The minimum Gasteiger partial charge on any atom is -0.379 e. The van der Waals surface area contributed by atoms with Crippen LogP contribution in [0.2, 0.25) is 0 Å². The predicted molar refractivity (Wildman–Crippen MR) is 124 cm³/mol. The van der Waals surface area contributed by atoms with Gasteiger partial charge in [0, 0.05) is 69.9 Å². The van der Waals surface area contributed by atoms with Crippen LogP contribution in [0, 0.1) is 11.7 Å². The molecule has 172 valence electrons. The highest BCUT2D eigenvalue weighted by molar-refractivity contribution is 5.97. The van der Waals surface area contributed by atoms with Crippen molar-refractivity contribution in [1.82, 2.24) is 14.7 Å². The van der Waals surface area contributed by atoms with Gasteiger partial charge in [0.15, 0.2) is 5.78 Å². The van der Waals surface area contributed by atoms with Crippen LogP contribution in [0.1, 0.15) is 28.9 Å². The van der Waals surface area contributed by atoms with Gasteiger partial charge in [0.2, 0.25) is 0 Å². The van der Waals surface area contributed by atoms with Crippen molar-refractivity contribution in [3.63, 3.8) is 0 Å². The van der Waals surface area contributed by atoms with E-state index < -0.39 is 0 Å². The number of hydrogen-bond donors (Lipinski definition) is 0. The molecule has 2 aliphatic heterocycles. The maximum absolute atomic E-state index is 13.5. The summed E-state index contributed by atoms with van der Waals surface area (Å²) in [4.78, 5) is 20.1. The van der Waals surface area contributed by atoms with Gasteiger partial charge < -0.3 is 9.64 Å². The van der Waals surface area contributed by atoms with E-state index in [0.29, 0.717) is 0 Å². The van der Waals surface area contributed by atoms with E-state index in [1.165, 1.54) is 0 Å². The zero-order valence-corrected chi connectivity index (χ0v) is 19.0. The Morgan fingerprint density at radius 1 is 0.875 bits per heavy atom. The molecular weight excluding hydrogens is 405 g/mol. The molecule has 2 fully saturated rings. The van der Waals surface area contributed by atoms with Crippen molar-refractivity contribution in [2.24, 2.45) is 5.92 Å². The van der Waals surface area contributed by atoms with Gasteiger partial charge in [-0.25, -0.2) is 4.39 Å². The summed E-state index contributed by atoms with van der Waals surface area (Å²) in [5.41, 5.74) is 1.96. The molecule has 2 atom stereocenters. The Labute approximate surface area is 190 Å². The first-order valence-corrected chi connectivity index (χ1v) is 11.7. The van der Waals surface area contributed by atoms with Crippen molar-refractivity contribution in [2.75, 3.05) is 65.6 Å². The van der Waals surface area contributed by atoms with E-state index in [4.69, 9.17) is 4.74 Å². The first-order valence-electron chi connectivity index (χ1n) is 11.7. The van der Waals surface area contributed by atoms with Crippen molar-refractivity contribution in [3.8, 4) is 0 Å². The molecule has 0 spiro atoms. The highest BCUT2D eigenvalue weighted by atomic mass is 19.1. The van der Waals surface area contributed by atoms with Gasteiger partial charge in [0.05, 0.1) is 13.2 Å². The molecule has 0 bridgehead atoms. The predicted octanol–water partition coefficient (Wildman–Crippen LogP) is 3.34. The fourth-order valence-electron chi connectivity index (χ4n) is 4.76. The van der Waals surface area contributed by atoms with Gasteiger partial charge in [-0.15, -0.1) is 0 Å². The molecule has 0 aliphatic carbocycles. The maximum Gasteiger partial charge on any atom is 0.166 e. The summed E-state index contributed by atoms with van der Waals surface area (Å²) in [5, 5.41) is 0. The molecule has 2 aliphatic rings. The molecule has 0 aromatic heterocycles. The van der Waals surface area contributed by atoms with E-state index in [9.17, 15) is 9.18 Å². The zero-order chi connectivity index (χ0) is 22.3. The van der Waals surface area contributed by atoms with Crippen molar-refractivity contribution in [3.05, 3.63) is 71.5 Å². The molecule has 4 rings (SSSR count). The zero-order valence-electron chi connectivity index (χ0n) is 19.0. The van der Waals surface area contributed by atoms with Gasteiger partial charge >= 0.3 is 0 Å². The number of piperazine rings is 1. The lowest BCUT2D eigenvalue weighted by atomic mass is 9.98. The van der Waals surface area contributed by atoms with E-state index in [1.807, 2.05) is 49.4 Å². The second kappa shape index (κ2) is 11.1. The standard InChI is InChI=1S/C26H34FN3O2/c1-21(26(31)23-5-3-2-4-6-23)19-28-11-13-29(14-12-28)20-25(30-15-17-32-18-16-30)22-7-9-24(27)10-8-22/h2-10,21,25H,11-20H2,1H3. The van der Waals surface area contributed by atoms with Crippen LogP contribution in [-0.4, -0.2) is 86.1 Å². The third kappa shape index (κ3) is 6.01. The maximum atomic E-state index is 13.5. The van der Waals surface area contributed by atoms with Gasteiger partial charge in [-0.05, 0) is 17.7 Å². The van der Waals surface area contributed by atoms with E-state index >= 15 is 0 Å². The molecule has 5 nitrogen and oxygen atoms in total. The highest BCUT2D eigenvalue weighted by Gasteiger charge is 2.28. The molecule has 2 heterocycles. The Kier molecular flexibility index (Phi) is 8.03. The summed E-state index contributed by atoms with van der Waals surface area (Å²) in [7, 11) is 0. The molecule has 0 amide bonds. The Hall–Kier alpha value is -2.12. The smallest absolute Gasteiger partial charge is 0.166 e. The minimum absolute atomic E-state index is 0.00994. The fraction of sp³-hybridized carbons (Fsp3) is 0.500. The molecular formula is C26H34FN3O2. The number of ether oxygens (including phenoxy) is 1. The van der Waals surface area contributed by atoms with Gasteiger partial charge in [-0.3, -0.25) is 14.6 Å². The molecule has 2 aromatic rings. The van der Waals surface area contributed by atoms with Crippen LogP contribution in [0.25, 0.3) is 0 Å². The summed E-state index contributed by atoms with van der Waals surface area (Å²) in [6.07, 6.45) is 0.